The molecule has 62 heavy (non-hydrogen) atoms. The number of aliphatic hydroxyl groups is 2. The number of hydrogen-bond donors (Lipinski definition) is 2. The van der Waals surface area contributed by atoms with Crippen LogP contribution in [-0.4, -0.2) is 84.4 Å². The number of carbonyl (C=O) groups is 2. The monoisotopic (exact) mass is 854 g/mol. The second kappa shape index (κ2) is 21.3. The van der Waals surface area contributed by atoms with Crippen molar-refractivity contribution in [2.75, 3.05) is 33.0 Å². The number of allylic oxidation sites excluding steroid dienone is 1. The number of halogens is 1. The topological polar surface area (TPSA) is 146 Å². The Morgan fingerprint density at radius 2 is 1.81 bits per heavy atom. The van der Waals surface area contributed by atoms with Crippen molar-refractivity contribution >= 4 is 18.1 Å². The Kier molecular flexibility index (Phi) is 15.5. The second-order valence-corrected chi connectivity index (χ2v) is 16.4. The van der Waals surface area contributed by atoms with Crippen molar-refractivity contribution in [2.24, 2.45) is 22.9 Å². The molecule has 4 aliphatic rings. The van der Waals surface area contributed by atoms with E-state index in [1.54, 1.807) is 54.3 Å². The van der Waals surface area contributed by atoms with Crippen LogP contribution in [0.4, 0.5) is 9.18 Å². The van der Waals surface area contributed by atoms with Crippen LogP contribution in [0.15, 0.2) is 96.2 Å². The van der Waals surface area contributed by atoms with Gasteiger partial charge >= 0.3 is 6.09 Å². The van der Waals surface area contributed by atoms with E-state index in [0.29, 0.717) is 60.0 Å². The second-order valence-electron chi connectivity index (χ2n) is 16.4. The lowest BCUT2D eigenvalue weighted by Crippen LogP contribution is -2.70. The number of benzene rings is 3. The number of ether oxygens (including phenoxy) is 5. The van der Waals surface area contributed by atoms with E-state index < -0.39 is 35.9 Å². The molecule has 0 bridgehead atoms. The smallest absolute Gasteiger partial charge is 0.410 e. The molecule has 2 aliphatic heterocycles. The molecule has 1 saturated carbocycles. The summed E-state index contributed by atoms with van der Waals surface area (Å²) in [5.74, 6) is -1.22. The Morgan fingerprint density at radius 1 is 1.02 bits per heavy atom. The quantitative estimate of drug-likeness (QED) is 0.0488. The van der Waals surface area contributed by atoms with Gasteiger partial charge in [-0.1, -0.05) is 54.4 Å². The summed E-state index contributed by atoms with van der Waals surface area (Å²) in [6.45, 7) is 6.69. The summed E-state index contributed by atoms with van der Waals surface area (Å²) in [4.78, 5) is 33.9. The summed E-state index contributed by atoms with van der Waals surface area (Å²) < 4.78 is 46.8. The van der Waals surface area contributed by atoms with Crippen LogP contribution in [0.5, 0.6) is 17.2 Å². The molecule has 7 rings (SSSR count). The summed E-state index contributed by atoms with van der Waals surface area (Å²) in [5, 5.41) is 24.8. The largest absolute Gasteiger partial charge is 0.459 e. The molecule has 1 unspecified atom stereocenters. The molecule has 2 N–H and O–H groups in total. The van der Waals surface area contributed by atoms with Gasteiger partial charge in [0, 0.05) is 49.6 Å². The van der Waals surface area contributed by atoms with Crippen LogP contribution in [-0.2, 0) is 25.6 Å². The third-order valence-electron chi connectivity index (χ3n) is 12.4. The SMILES string of the molecule is C=CCO[C@@]12Oc3ccc(Oc4cccc(C=O)c4)cc3[C@H]3[C@H](CCCCO)[C@@H](CCCCO)C=C(C(=NOC4CCCCO4)C[C@@H]1N(Cc1ccc(F)cc1)C(=O)OCC)[C@H]32. The molecule has 0 spiro atoms. The third kappa shape index (κ3) is 10.1. The molecule has 12 nitrogen and oxygen atoms in total. The molecule has 1 saturated heterocycles. The molecule has 0 aromatic heterocycles. The predicted octanol–water partition coefficient (Wildman–Crippen LogP) is 9.25. The zero-order valence-electron chi connectivity index (χ0n) is 35.5. The number of aldehydes is 1. The number of fused-ring (bicyclic) bond motifs is 2. The minimum Gasteiger partial charge on any atom is -0.459 e. The molecule has 2 aliphatic carbocycles. The molecule has 2 heterocycles. The highest BCUT2D eigenvalue weighted by atomic mass is 19.1. The Morgan fingerprint density at radius 3 is 2.53 bits per heavy atom. The van der Waals surface area contributed by atoms with Gasteiger partial charge in [0.1, 0.15) is 35.4 Å². The minimum absolute atomic E-state index is 0.0152. The maximum atomic E-state index is 14.4. The van der Waals surface area contributed by atoms with Crippen LogP contribution in [0.25, 0.3) is 0 Å². The zero-order chi connectivity index (χ0) is 43.5. The number of unbranched alkanes of at least 4 members (excludes halogenated alkanes) is 2. The van der Waals surface area contributed by atoms with Crippen LogP contribution < -0.4 is 9.47 Å². The summed E-state index contributed by atoms with van der Waals surface area (Å²) in [7, 11) is 0. The van der Waals surface area contributed by atoms with Crippen LogP contribution in [0.3, 0.4) is 0 Å². The molecular formula is C49H59FN2O10. The lowest BCUT2D eigenvalue weighted by Gasteiger charge is -2.59. The van der Waals surface area contributed by atoms with E-state index in [2.05, 4.69) is 12.7 Å². The molecule has 13 heteroatoms. The van der Waals surface area contributed by atoms with Crippen LogP contribution in [0.2, 0.25) is 0 Å². The van der Waals surface area contributed by atoms with Gasteiger partial charge in [0.05, 0.1) is 31.5 Å². The normalized spacial score (nSPS) is 25.7. The molecular weight excluding hydrogens is 796 g/mol. The van der Waals surface area contributed by atoms with Gasteiger partial charge in [-0.25, -0.2) is 9.18 Å². The average molecular weight is 855 g/mol. The lowest BCUT2D eigenvalue weighted by atomic mass is 9.55. The maximum absolute atomic E-state index is 14.4. The first-order chi connectivity index (χ1) is 30.3. The van der Waals surface area contributed by atoms with E-state index in [-0.39, 0.29) is 57.1 Å². The van der Waals surface area contributed by atoms with Crippen molar-refractivity contribution in [1.82, 2.24) is 4.90 Å². The first-order valence-electron chi connectivity index (χ1n) is 22.1. The van der Waals surface area contributed by atoms with Gasteiger partial charge in [0.2, 0.25) is 12.1 Å². The number of oxime groups is 1. The minimum atomic E-state index is -1.53. The maximum Gasteiger partial charge on any atom is 0.410 e. The van der Waals surface area contributed by atoms with Gasteiger partial charge in [-0.05, 0) is 111 Å². The lowest BCUT2D eigenvalue weighted by molar-refractivity contribution is -0.256. The van der Waals surface area contributed by atoms with Gasteiger partial charge in [0.25, 0.3) is 0 Å². The van der Waals surface area contributed by atoms with E-state index in [4.69, 9.17) is 33.7 Å². The highest BCUT2D eigenvalue weighted by molar-refractivity contribution is 6.03. The molecule has 1 amide bonds. The Balaban J connectivity index is 1.45. The fourth-order valence-corrected chi connectivity index (χ4v) is 9.71. The van der Waals surface area contributed by atoms with E-state index in [0.717, 1.165) is 55.9 Å². The standard InChI is InChI=1S/C49H59FN2O10/c1-3-25-59-49-44(52(48(56)57-4-2)31-33-17-19-36(50)20-18-33)30-42(51-62-45-16-7-10-26-58-45)40-28-35(13-5-8-23-53)39(15-6-9-24-54)46(47(40)49)41-29-38(21-22-43(41)61-49)60-37-14-11-12-34(27-37)32-55/h3,11-12,14,17-22,27-29,32,35,39,44-47,53-54H,1,4-10,13,15-16,23-26,30-31H2,2H3/t35-,39+,44-,45?,46+,47+,49+/m0/s1. The van der Waals surface area contributed by atoms with Crippen molar-refractivity contribution < 1.29 is 52.7 Å². The highest BCUT2D eigenvalue weighted by Crippen LogP contribution is 2.62. The Bertz CT molecular complexity index is 2050. The van der Waals surface area contributed by atoms with E-state index in [1.165, 1.54) is 12.1 Å². The van der Waals surface area contributed by atoms with Crippen molar-refractivity contribution in [1.29, 1.82) is 0 Å². The zero-order valence-corrected chi connectivity index (χ0v) is 35.5. The number of rotatable bonds is 20. The van der Waals surface area contributed by atoms with Crippen LogP contribution in [0, 0.1) is 23.6 Å². The van der Waals surface area contributed by atoms with Crippen molar-refractivity contribution in [2.45, 2.75) is 102 Å². The molecule has 2 fully saturated rings. The Labute approximate surface area is 363 Å². The average Bonchev–Trinajstić information content (AvgIpc) is 3.29. The molecule has 3 aromatic rings. The van der Waals surface area contributed by atoms with Crippen LogP contribution >= 0.6 is 0 Å². The number of amides is 1. The van der Waals surface area contributed by atoms with Crippen molar-refractivity contribution in [3.05, 3.63) is 114 Å². The first kappa shape index (κ1) is 45.0. The van der Waals surface area contributed by atoms with E-state index in [9.17, 15) is 24.2 Å². The molecule has 7 atom stereocenters. The van der Waals surface area contributed by atoms with E-state index >= 15 is 0 Å². The summed E-state index contributed by atoms with van der Waals surface area (Å²) in [6.07, 6.45) is 10.6. The first-order valence-corrected chi connectivity index (χ1v) is 22.1. The molecule has 3 aromatic carbocycles. The van der Waals surface area contributed by atoms with E-state index in [1.807, 2.05) is 18.2 Å². The summed E-state index contributed by atoms with van der Waals surface area (Å²) >= 11 is 0. The van der Waals surface area contributed by atoms with Gasteiger partial charge < -0.3 is 38.7 Å². The third-order valence-corrected chi connectivity index (χ3v) is 12.4. The molecule has 332 valence electrons. The van der Waals surface area contributed by atoms with Crippen molar-refractivity contribution in [3.8, 4) is 17.2 Å². The molecule has 0 radical (unpaired) electrons. The fourth-order valence-electron chi connectivity index (χ4n) is 9.71. The fraction of sp³-hybridized carbons (Fsp3) is 0.490. The Hall–Kier alpha value is -5.08. The number of hydrogen-bond acceptors (Lipinski definition) is 11. The van der Waals surface area contributed by atoms with Gasteiger partial charge in [-0.15, -0.1) is 6.58 Å². The van der Waals surface area contributed by atoms with Gasteiger partial charge in [-0.3, -0.25) is 9.69 Å². The summed E-state index contributed by atoms with van der Waals surface area (Å²) in [6, 6.07) is 17.8. The van der Waals surface area contributed by atoms with Gasteiger partial charge in [-0.2, -0.15) is 0 Å². The van der Waals surface area contributed by atoms with Crippen LogP contribution in [0.1, 0.15) is 98.5 Å². The van der Waals surface area contributed by atoms with Crippen molar-refractivity contribution in [3.63, 3.8) is 0 Å². The number of carbonyl (C=O) groups excluding carboxylic acids is 2. The number of nitrogens with zero attached hydrogens (tertiary/aromatic N) is 2. The predicted molar refractivity (Wildman–Crippen MR) is 231 cm³/mol. The highest BCUT2D eigenvalue weighted by Gasteiger charge is 2.65. The summed E-state index contributed by atoms with van der Waals surface area (Å²) in [5.41, 5.74) is 3.53. The van der Waals surface area contributed by atoms with Gasteiger partial charge in [0.15, 0.2) is 0 Å². The number of aliphatic hydroxyl groups excluding tert-OH is 2.